The summed E-state index contributed by atoms with van der Waals surface area (Å²) in [6.45, 7) is 8.39. The van der Waals surface area contributed by atoms with Gasteiger partial charge >= 0.3 is 0 Å². The van der Waals surface area contributed by atoms with Crippen molar-refractivity contribution in [3.63, 3.8) is 0 Å². The van der Waals surface area contributed by atoms with E-state index in [0.717, 1.165) is 66.9 Å². The van der Waals surface area contributed by atoms with E-state index in [-0.39, 0.29) is 6.61 Å². The molecule has 162 valence electrons. The predicted octanol–water partition coefficient (Wildman–Crippen LogP) is 5.14. The summed E-state index contributed by atoms with van der Waals surface area (Å²) in [6.07, 6.45) is 2.61. The molecule has 2 aromatic carbocycles. The number of hydrogen-bond acceptors (Lipinski definition) is 5. The minimum absolute atomic E-state index is 0.207. The fourth-order valence-corrected chi connectivity index (χ4v) is 3.62. The molecule has 0 bridgehead atoms. The Labute approximate surface area is 179 Å². The zero-order valence-corrected chi connectivity index (χ0v) is 18.3. The van der Waals surface area contributed by atoms with Crippen LogP contribution in [0.3, 0.4) is 0 Å². The lowest BCUT2D eigenvalue weighted by Gasteiger charge is -2.18. The van der Waals surface area contributed by atoms with Crippen LogP contribution < -0.4 is 9.47 Å². The Balaban J connectivity index is 1.70. The lowest BCUT2D eigenvalue weighted by molar-refractivity contribution is 0.242. The van der Waals surface area contributed by atoms with Gasteiger partial charge in [-0.15, -0.1) is 0 Å². The molecular formula is C25H33NO4. The van der Waals surface area contributed by atoms with E-state index in [1.807, 2.05) is 24.3 Å². The van der Waals surface area contributed by atoms with Gasteiger partial charge in [-0.2, -0.15) is 0 Å². The van der Waals surface area contributed by atoms with Crippen LogP contribution in [-0.4, -0.2) is 50.0 Å². The third kappa shape index (κ3) is 5.55. The highest BCUT2D eigenvalue weighted by Gasteiger charge is 2.12. The number of hydrogen-bond donors (Lipinski definition) is 1. The van der Waals surface area contributed by atoms with Gasteiger partial charge in [0.25, 0.3) is 0 Å². The summed E-state index contributed by atoms with van der Waals surface area (Å²) in [5.74, 6) is 2.26. The molecule has 0 unspecified atom stereocenters. The summed E-state index contributed by atoms with van der Waals surface area (Å²) < 4.78 is 17.6. The molecule has 3 aromatic rings. The fourth-order valence-electron chi connectivity index (χ4n) is 3.62. The first-order chi connectivity index (χ1) is 14.7. The molecule has 0 amide bonds. The number of aliphatic hydroxyl groups excluding tert-OH is 1. The number of aliphatic hydroxyl groups is 1. The molecule has 0 aliphatic rings. The number of fused-ring (bicyclic) bond motifs is 1. The minimum atomic E-state index is 0.207. The standard InChI is InChI=1S/C25H33NO4/c1-4-26(5-2)13-7-15-29-23-12-10-20(17-25(23)28-3)24-18-21-16-19(8-6-14-27)9-11-22(21)30-24/h9-12,16-18,27H,4-8,13-15H2,1-3H3. The van der Waals surface area contributed by atoms with Crippen LogP contribution >= 0.6 is 0 Å². The number of nitrogens with zero attached hydrogens (tertiary/aromatic N) is 1. The van der Waals surface area contributed by atoms with Crippen LogP contribution in [0.4, 0.5) is 0 Å². The molecule has 1 heterocycles. The number of aryl methyl sites for hydroxylation is 1. The van der Waals surface area contributed by atoms with Crippen molar-refractivity contribution in [3.8, 4) is 22.8 Å². The Morgan fingerprint density at radius 3 is 2.53 bits per heavy atom. The molecule has 0 aliphatic heterocycles. The van der Waals surface area contributed by atoms with Gasteiger partial charge in [-0.25, -0.2) is 0 Å². The van der Waals surface area contributed by atoms with Crippen molar-refractivity contribution in [3.05, 3.63) is 48.0 Å². The van der Waals surface area contributed by atoms with E-state index < -0.39 is 0 Å². The Morgan fingerprint density at radius 1 is 0.967 bits per heavy atom. The molecule has 1 N–H and O–H groups in total. The SMILES string of the molecule is CCN(CC)CCCOc1ccc(-c2cc3cc(CCCO)ccc3o2)cc1OC. The highest BCUT2D eigenvalue weighted by Crippen LogP contribution is 2.35. The maximum absolute atomic E-state index is 9.04. The van der Waals surface area contributed by atoms with Crippen molar-refractivity contribution in [2.75, 3.05) is 40.0 Å². The minimum Gasteiger partial charge on any atom is -0.493 e. The predicted molar refractivity (Wildman–Crippen MR) is 122 cm³/mol. The average molecular weight is 412 g/mol. The zero-order chi connectivity index (χ0) is 21.3. The molecule has 0 fully saturated rings. The van der Waals surface area contributed by atoms with Gasteiger partial charge in [-0.1, -0.05) is 19.9 Å². The van der Waals surface area contributed by atoms with Crippen molar-refractivity contribution in [1.82, 2.24) is 4.90 Å². The van der Waals surface area contributed by atoms with Crippen LogP contribution in [0, 0.1) is 0 Å². The molecule has 0 atom stereocenters. The normalized spacial score (nSPS) is 11.4. The maximum Gasteiger partial charge on any atom is 0.161 e. The van der Waals surface area contributed by atoms with Crippen LogP contribution in [0.15, 0.2) is 46.9 Å². The van der Waals surface area contributed by atoms with Gasteiger partial charge in [0.1, 0.15) is 11.3 Å². The quantitative estimate of drug-likeness (QED) is 0.418. The summed E-state index contributed by atoms with van der Waals surface area (Å²) >= 11 is 0. The Morgan fingerprint density at radius 2 is 1.80 bits per heavy atom. The first kappa shape index (κ1) is 22.2. The molecule has 5 nitrogen and oxygen atoms in total. The molecule has 30 heavy (non-hydrogen) atoms. The Kier molecular flexibility index (Phi) is 8.17. The summed E-state index contributed by atoms with van der Waals surface area (Å²) in [5, 5.41) is 10.1. The summed E-state index contributed by atoms with van der Waals surface area (Å²) in [6, 6.07) is 14.2. The Bertz CT molecular complexity index is 930. The van der Waals surface area contributed by atoms with Crippen LogP contribution in [0.1, 0.15) is 32.3 Å². The van der Waals surface area contributed by atoms with Crippen LogP contribution in [0.5, 0.6) is 11.5 Å². The van der Waals surface area contributed by atoms with Gasteiger partial charge in [0.2, 0.25) is 0 Å². The van der Waals surface area contributed by atoms with Crippen LogP contribution in [-0.2, 0) is 6.42 Å². The molecule has 3 rings (SSSR count). The van der Waals surface area contributed by atoms with E-state index in [1.54, 1.807) is 7.11 Å². The molecule has 1 aromatic heterocycles. The fraction of sp³-hybridized carbons (Fsp3) is 0.440. The Hall–Kier alpha value is -2.50. The second-order valence-corrected chi connectivity index (χ2v) is 7.40. The van der Waals surface area contributed by atoms with Gasteiger partial charge in [0.15, 0.2) is 11.5 Å². The second-order valence-electron chi connectivity index (χ2n) is 7.40. The molecule has 5 heteroatoms. The molecular weight excluding hydrogens is 378 g/mol. The highest BCUT2D eigenvalue weighted by atomic mass is 16.5. The van der Waals surface area contributed by atoms with Gasteiger partial charge < -0.3 is 23.9 Å². The third-order valence-corrected chi connectivity index (χ3v) is 5.42. The van der Waals surface area contributed by atoms with Crippen LogP contribution in [0.25, 0.3) is 22.3 Å². The van der Waals surface area contributed by atoms with Crippen molar-refractivity contribution >= 4 is 11.0 Å². The van der Waals surface area contributed by atoms with E-state index in [0.29, 0.717) is 12.4 Å². The van der Waals surface area contributed by atoms with E-state index in [1.165, 1.54) is 5.56 Å². The number of rotatable bonds is 12. The summed E-state index contributed by atoms with van der Waals surface area (Å²) in [5.41, 5.74) is 3.01. The van der Waals surface area contributed by atoms with Gasteiger partial charge in [-0.3, -0.25) is 0 Å². The lowest BCUT2D eigenvalue weighted by Crippen LogP contribution is -2.25. The molecule has 0 aliphatic carbocycles. The monoisotopic (exact) mass is 411 g/mol. The highest BCUT2D eigenvalue weighted by molar-refractivity contribution is 5.83. The number of ether oxygens (including phenoxy) is 2. The molecule has 0 saturated heterocycles. The van der Waals surface area contributed by atoms with Crippen LogP contribution in [0.2, 0.25) is 0 Å². The number of methoxy groups -OCH3 is 1. The van der Waals surface area contributed by atoms with Gasteiger partial charge in [-0.05, 0) is 74.3 Å². The van der Waals surface area contributed by atoms with E-state index in [2.05, 4.69) is 36.9 Å². The zero-order valence-electron chi connectivity index (χ0n) is 18.3. The van der Waals surface area contributed by atoms with Gasteiger partial charge in [0, 0.05) is 24.1 Å². The maximum atomic E-state index is 9.04. The molecule has 0 saturated carbocycles. The van der Waals surface area contributed by atoms with Crippen molar-refractivity contribution in [2.45, 2.75) is 33.1 Å². The molecule has 0 radical (unpaired) electrons. The topological polar surface area (TPSA) is 55.1 Å². The first-order valence-corrected chi connectivity index (χ1v) is 10.8. The van der Waals surface area contributed by atoms with Gasteiger partial charge in [0.05, 0.1) is 13.7 Å². The van der Waals surface area contributed by atoms with Crippen molar-refractivity contribution < 1.29 is 19.0 Å². The van der Waals surface area contributed by atoms with E-state index in [4.69, 9.17) is 19.0 Å². The van der Waals surface area contributed by atoms with Crippen molar-refractivity contribution in [1.29, 1.82) is 0 Å². The number of furan rings is 1. The first-order valence-electron chi connectivity index (χ1n) is 10.8. The number of benzene rings is 2. The molecule has 0 spiro atoms. The van der Waals surface area contributed by atoms with Crippen molar-refractivity contribution in [2.24, 2.45) is 0 Å². The third-order valence-electron chi connectivity index (χ3n) is 5.42. The smallest absolute Gasteiger partial charge is 0.161 e. The summed E-state index contributed by atoms with van der Waals surface area (Å²) in [7, 11) is 1.66. The largest absolute Gasteiger partial charge is 0.493 e. The average Bonchev–Trinajstić information content (AvgIpc) is 3.21. The van der Waals surface area contributed by atoms with E-state index in [9.17, 15) is 0 Å². The lowest BCUT2D eigenvalue weighted by atomic mass is 10.1. The van der Waals surface area contributed by atoms with E-state index >= 15 is 0 Å². The summed E-state index contributed by atoms with van der Waals surface area (Å²) in [4.78, 5) is 2.39. The second kappa shape index (κ2) is 11.0.